The van der Waals surface area contributed by atoms with Crippen molar-refractivity contribution in [2.24, 2.45) is 5.92 Å². The molecule has 1 saturated heterocycles. The van der Waals surface area contributed by atoms with Gasteiger partial charge in [0.25, 0.3) is 5.91 Å². The highest BCUT2D eigenvalue weighted by atomic mass is 19.1. The molecule has 3 amide bonds. The molecule has 1 aliphatic rings. The van der Waals surface area contributed by atoms with Crippen molar-refractivity contribution >= 4 is 17.6 Å². The van der Waals surface area contributed by atoms with Crippen LogP contribution in [-0.4, -0.2) is 60.6 Å². The first kappa shape index (κ1) is 21.8. The third-order valence-corrected chi connectivity index (χ3v) is 4.85. The van der Waals surface area contributed by atoms with Gasteiger partial charge in [0.1, 0.15) is 5.82 Å². The number of benzene rings is 2. The molecule has 30 heavy (non-hydrogen) atoms. The average Bonchev–Trinajstić information content (AvgIpc) is 2.74. The fourth-order valence-electron chi connectivity index (χ4n) is 3.47. The summed E-state index contributed by atoms with van der Waals surface area (Å²) in [5.41, 5.74) is 0.773. The summed E-state index contributed by atoms with van der Waals surface area (Å²) in [5, 5.41) is 2.88. The number of anilines is 1. The summed E-state index contributed by atoms with van der Waals surface area (Å²) in [6, 6.07) is 15.0. The van der Waals surface area contributed by atoms with E-state index in [2.05, 4.69) is 5.32 Å². The van der Waals surface area contributed by atoms with Gasteiger partial charge >= 0.3 is 6.03 Å². The lowest BCUT2D eigenvalue weighted by Gasteiger charge is -2.36. The van der Waals surface area contributed by atoms with Gasteiger partial charge in [-0.15, -0.1) is 0 Å². The van der Waals surface area contributed by atoms with Gasteiger partial charge in [-0.1, -0.05) is 44.2 Å². The van der Waals surface area contributed by atoms with E-state index in [1.807, 2.05) is 44.2 Å². The second-order valence-electron chi connectivity index (χ2n) is 7.82. The first-order valence-corrected chi connectivity index (χ1v) is 10.2. The first-order valence-electron chi connectivity index (χ1n) is 10.2. The van der Waals surface area contributed by atoms with Gasteiger partial charge in [0.2, 0.25) is 0 Å². The molecule has 0 unspecified atom stereocenters. The number of hydrogen-bond donors (Lipinski definition) is 1. The number of rotatable bonds is 6. The Bertz CT molecular complexity index is 860. The van der Waals surface area contributed by atoms with Gasteiger partial charge in [-0.05, 0) is 30.2 Å². The van der Waals surface area contributed by atoms with E-state index in [0.717, 1.165) is 5.69 Å². The molecule has 6 nitrogen and oxygen atoms in total. The van der Waals surface area contributed by atoms with Gasteiger partial charge in [0.05, 0.1) is 24.8 Å². The molecule has 0 spiro atoms. The minimum Gasteiger partial charge on any atom is -0.373 e. The van der Waals surface area contributed by atoms with Crippen LogP contribution < -0.4 is 5.32 Å². The standard InChI is InChI=1S/C23H28FN3O3/c1-17(2)14-27(22(28)20-10-6-7-11-21(20)24)16-19-15-26(12-13-30-19)23(29)25-18-8-4-3-5-9-18/h3-11,17,19H,12-16H2,1-2H3,(H,25,29)/t19-/m0/s1. The van der Waals surface area contributed by atoms with E-state index >= 15 is 0 Å². The molecule has 0 aromatic heterocycles. The quantitative estimate of drug-likeness (QED) is 0.782. The number of morpholine rings is 1. The van der Waals surface area contributed by atoms with Gasteiger partial charge in [0, 0.05) is 25.3 Å². The van der Waals surface area contributed by atoms with E-state index in [9.17, 15) is 14.0 Å². The van der Waals surface area contributed by atoms with Gasteiger partial charge < -0.3 is 19.9 Å². The van der Waals surface area contributed by atoms with Gasteiger partial charge in [-0.25, -0.2) is 9.18 Å². The number of halogens is 1. The van der Waals surface area contributed by atoms with Crippen molar-refractivity contribution < 1.29 is 18.7 Å². The summed E-state index contributed by atoms with van der Waals surface area (Å²) in [4.78, 5) is 28.9. The zero-order valence-electron chi connectivity index (χ0n) is 17.4. The Kier molecular flexibility index (Phi) is 7.41. The third kappa shape index (κ3) is 5.79. The summed E-state index contributed by atoms with van der Waals surface area (Å²) >= 11 is 0. The summed E-state index contributed by atoms with van der Waals surface area (Å²) in [6.45, 7) is 5.99. The maximum atomic E-state index is 14.2. The molecule has 0 bridgehead atoms. The van der Waals surface area contributed by atoms with E-state index in [0.29, 0.717) is 32.8 Å². The summed E-state index contributed by atoms with van der Waals surface area (Å²) in [7, 11) is 0. The van der Waals surface area contributed by atoms with Crippen molar-refractivity contribution in [3.63, 3.8) is 0 Å². The fourth-order valence-corrected chi connectivity index (χ4v) is 3.47. The van der Waals surface area contributed by atoms with Crippen molar-refractivity contribution in [1.29, 1.82) is 0 Å². The number of para-hydroxylation sites is 1. The average molecular weight is 413 g/mol. The van der Waals surface area contributed by atoms with Crippen LogP contribution in [-0.2, 0) is 4.74 Å². The van der Waals surface area contributed by atoms with Crippen LogP contribution in [0.4, 0.5) is 14.9 Å². The van der Waals surface area contributed by atoms with E-state index in [1.165, 1.54) is 12.1 Å². The second-order valence-corrected chi connectivity index (χ2v) is 7.82. The number of nitrogens with one attached hydrogen (secondary N) is 1. The predicted octanol–water partition coefficient (Wildman–Crippen LogP) is 3.86. The maximum Gasteiger partial charge on any atom is 0.322 e. The fraction of sp³-hybridized carbons (Fsp3) is 0.391. The van der Waals surface area contributed by atoms with Crippen LogP contribution >= 0.6 is 0 Å². The molecule has 160 valence electrons. The summed E-state index contributed by atoms with van der Waals surface area (Å²) in [6.07, 6.45) is -0.338. The molecule has 0 saturated carbocycles. The second kappa shape index (κ2) is 10.2. The number of amides is 3. The Morgan fingerprint density at radius 1 is 1.17 bits per heavy atom. The molecule has 1 aliphatic heterocycles. The Balaban J connectivity index is 1.66. The SMILES string of the molecule is CC(C)CN(C[C@@H]1CN(C(=O)Nc2ccccc2)CCO1)C(=O)c1ccccc1F. The molecule has 2 aromatic rings. The topological polar surface area (TPSA) is 61.9 Å². The van der Waals surface area contributed by atoms with E-state index in [4.69, 9.17) is 4.74 Å². The van der Waals surface area contributed by atoms with Crippen LogP contribution in [0.3, 0.4) is 0 Å². The van der Waals surface area contributed by atoms with Gasteiger partial charge in [0.15, 0.2) is 0 Å². The largest absolute Gasteiger partial charge is 0.373 e. The number of urea groups is 1. The van der Waals surface area contributed by atoms with Crippen molar-refractivity contribution in [3.8, 4) is 0 Å². The molecular weight excluding hydrogens is 385 g/mol. The molecule has 1 N–H and O–H groups in total. The zero-order valence-corrected chi connectivity index (χ0v) is 17.4. The summed E-state index contributed by atoms with van der Waals surface area (Å²) in [5.74, 6) is -0.692. The molecule has 1 atom stereocenters. The third-order valence-electron chi connectivity index (χ3n) is 4.85. The number of hydrogen-bond acceptors (Lipinski definition) is 3. The van der Waals surface area contributed by atoms with Crippen LogP contribution in [0.5, 0.6) is 0 Å². The van der Waals surface area contributed by atoms with Crippen LogP contribution in [0.2, 0.25) is 0 Å². The van der Waals surface area contributed by atoms with Crippen LogP contribution in [0.15, 0.2) is 54.6 Å². The number of carbonyl (C=O) groups excluding carboxylic acids is 2. The molecule has 1 fully saturated rings. The molecule has 3 rings (SSSR count). The lowest BCUT2D eigenvalue weighted by atomic mass is 10.1. The minimum atomic E-state index is -0.537. The minimum absolute atomic E-state index is 0.0487. The molecular formula is C23H28FN3O3. The van der Waals surface area contributed by atoms with E-state index in [1.54, 1.807) is 21.9 Å². The van der Waals surface area contributed by atoms with Crippen LogP contribution in [0.1, 0.15) is 24.2 Å². The number of nitrogens with zero attached hydrogens (tertiary/aromatic N) is 2. The summed E-state index contributed by atoms with van der Waals surface area (Å²) < 4.78 is 20.0. The highest BCUT2D eigenvalue weighted by Gasteiger charge is 2.29. The van der Waals surface area contributed by atoms with Gasteiger partial charge in [-0.3, -0.25) is 4.79 Å². The Labute approximate surface area is 176 Å². The van der Waals surface area contributed by atoms with Crippen molar-refractivity contribution in [1.82, 2.24) is 9.80 Å². The molecule has 0 radical (unpaired) electrons. The highest BCUT2D eigenvalue weighted by Crippen LogP contribution is 2.16. The van der Waals surface area contributed by atoms with E-state index in [-0.39, 0.29) is 29.5 Å². The number of ether oxygens (including phenoxy) is 1. The van der Waals surface area contributed by atoms with Crippen molar-refractivity contribution in [2.75, 3.05) is 38.1 Å². The molecule has 2 aromatic carbocycles. The van der Waals surface area contributed by atoms with Gasteiger partial charge in [-0.2, -0.15) is 0 Å². The van der Waals surface area contributed by atoms with Crippen LogP contribution in [0, 0.1) is 11.7 Å². The number of carbonyl (C=O) groups is 2. The first-order chi connectivity index (χ1) is 14.4. The monoisotopic (exact) mass is 413 g/mol. The molecule has 1 heterocycles. The molecule has 7 heteroatoms. The normalized spacial score (nSPS) is 16.4. The smallest absolute Gasteiger partial charge is 0.322 e. The van der Waals surface area contributed by atoms with Crippen molar-refractivity contribution in [3.05, 3.63) is 66.0 Å². The van der Waals surface area contributed by atoms with Crippen LogP contribution in [0.25, 0.3) is 0 Å². The van der Waals surface area contributed by atoms with E-state index < -0.39 is 5.82 Å². The Hall–Kier alpha value is -2.93. The van der Waals surface area contributed by atoms with Crippen molar-refractivity contribution in [2.45, 2.75) is 20.0 Å². The Morgan fingerprint density at radius 3 is 2.57 bits per heavy atom. The molecule has 0 aliphatic carbocycles. The lowest BCUT2D eigenvalue weighted by molar-refractivity contribution is -0.0272. The predicted molar refractivity (Wildman–Crippen MR) is 114 cm³/mol. The zero-order chi connectivity index (χ0) is 21.5. The highest BCUT2D eigenvalue weighted by molar-refractivity contribution is 5.94. The maximum absolute atomic E-state index is 14.2. The Morgan fingerprint density at radius 2 is 1.87 bits per heavy atom. The lowest BCUT2D eigenvalue weighted by Crippen LogP contribution is -2.52.